The Morgan fingerprint density at radius 2 is 1.72 bits per heavy atom. The van der Waals surface area contributed by atoms with Crippen molar-refractivity contribution in [2.24, 2.45) is 0 Å². The van der Waals surface area contributed by atoms with Gasteiger partial charge in [-0.2, -0.15) is 0 Å². The van der Waals surface area contributed by atoms with Gasteiger partial charge in [-0.05, 0) is 65.5 Å². The molecule has 166 valence electrons. The Balaban J connectivity index is 1.19. The Labute approximate surface area is 195 Å². The van der Waals surface area contributed by atoms with E-state index in [2.05, 4.69) is 22.4 Å². The van der Waals surface area contributed by atoms with Crippen molar-refractivity contribution in [3.63, 3.8) is 0 Å². The highest BCUT2D eigenvalue weighted by atomic mass is 32.2. The highest BCUT2D eigenvalue weighted by Crippen LogP contribution is 2.43. The van der Waals surface area contributed by atoms with Crippen LogP contribution in [0.15, 0.2) is 66.9 Å². The molecule has 1 fully saturated rings. The van der Waals surface area contributed by atoms with Crippen molar-refractivity contribution in [2.45, 2.75) is 17.5 Å². The number of hydrogen-bond donors (Lipinski definition) is 1. The predicted octanol–water partition coefficient (Wildman–Crippen LogP) is 5.58. The average molecular weight is 471 g/mol. The van der Waals surface area contributed by atoms with Crippen LogP contribution < -0.4 is 14.8 Å². The van der Waals surface area contributed by atoms with Gasteiger partial charge < -0.3 is 14.8 Å². The number of thioether (sulfide) groups is 2. The molecule has 0 bridgehead atoms. The maximum Gasteiger partial charge on any atom is 0.258 e. The average Bonchev–Trinajstić information content (AvgIpc) is 2.84. The Bertz CT molecular complexity index is 1010. The predicted molar refractivity (Wildman–Crippen MR) is 127 cm³/mol. The fourth-order valence-electron chi connectivity index (χ4n) is 3.00. The summed E-state index contributed by atoms with van der Waals surface area (Å²) in [7, 11) is 0. The van der Waals surface area contributed by atoms with Gasteiger partial charge in [-0.3, -0.25) is 4.79 Å². The molecular weight excluding hydrogens is 447 g/mol. The van der Waals surface area contributed by atoms with Gasteiger partial charge in [-0.25, -0.2) is 9.37 Å². The monoisotopic (exact) mass is 470 g/mol. The van der Waals surface area contributed by atoms with E-state index < -0.39 is 0 Å². The third-order valence-electron chi connectivity index (χ3n) is 4.67. The van der Waals surface area contributed by atoms with Crippen molar-refractivity contribution < 1.29 is 18.7 Å². The van der Waals surface area contributed by atoms with Gasteiger partial charge in [0.15, 0.2) is 6.61 Å². The maximum absolute atomic E-state index is 12.9. The summed E-state index contributed by atoms with van der Waals surface area (Å²) in [5, 5.41) is 2.81. The van der Waals surface area contributed by atoms with Crippen LogP contribution in [0.3, 0.4) is 0 Å². The van der Waals surface area contributed by atoms with Crippen molar-refractivity contribution in [1.82, 2.24) is 10.3 Å². The van der Waals surface area contributed by atoms with Gasteiger partial charge in [0.1, 0.15) is 17.3 Å². The lowest BCUT2D eigenvalue weighted by Crippen LogP contribution is -2.28. The van der Waals surface area contributed by atoms with E-state index in [0.29, 0.717) is 28.5 Å². The SMILES string of the molecule is O=C(COc1ccc(C2SCCCS2)cc1)NCc1ccc(Oc2ccc(F)cc2)nc1. The molecule has 1 aliphatic heterocycles. The highest BCUT2D eigenvalue weighted by Gasteiger charge is 2.16. The van der Waals surface area contributed by atoms with E-state index in [-0.39, 0.29) is 18.3 Å². The van der Waals surface area contributed by atoms with Gasteiger partial charge in [0.05, 0.1) is 4.58 Å². The van der Waals surface area contributed by atoms with Crippen LogP contribution in [0.1, 0.15) is 22.1 Å². The van der Waals surface area contributed by atoms with Crippen molar-refractivity contribution in [3.8, 4) is 17.4 Å². The largest absolute Gasteiger partial charge is 0.484 e. The number of aromatic nitrogens is 1. The van der Waals surface area contributed by atoms with Crippen LogP contribution in [-0.4, -0.2) is 29.0 Å². The fraction of sp³-hybridized carbons (Fsp3) is 0.250. The molecule has 1 amide bonds. The lowest BCUT2D eigenvalue weighted by Gasteiger charge is -2.21. The van der Waals surface area contributed by atoms with Gasteiger partial charge in [-0.1, -0.05) is 18.2 Å². The minimum Gasteiger partial charge on any atom is -0.484 e. The molecule has 0 saturated carbocycles. The number of carbonyl (C=O) groups excluding carboxylic acids is 1. The van der Waals surface area contributed by atoms with Crippen molar-refractivity contribution in [1.29, 1.82) is 0 Å². The van der Waals surface area contributed by atoms with Gasteiger partial charge in [-0.15, -0.1) is 23.5 Å². The molecule has 2 aromatic carbocycles. The first-order chi connectivity index (χ1) is 15.7. The molecule has 8 heteroatoms. The number of rotatable bonds is 8. The standard InChI is InChI=1S/C24H23FN2O3S2/c25-19-5-9-21(10-6-19)30-23-11-2-17(15-27-23)14-26-22(28)16-29-20-7-3-18(4-8-20)24-31-12-1-13-32-24/h2-11,15,24H,1,12-14,16H2,(H,26,28). The molecule has 0 spiro atoms. The molecule has 1 aliphatic rings. The number of benzene rings is 2. The second-order valence-electron chi connectivity index (χ2n) is 7.12. The topological polar surface area (TPSA) is 60.5 Å². The van der Waals surface area contributed by atoms with Crippen LogP contribution in [-0.2, 0) is 11.3 Å². The second-order valence-corrected chi connectivity index (χ2v) is 9.85. The fourth-order valence-corrected chi connectivity index (χ4v) is 5.90. The van der Waals surface area contributed by atoms with Gasteiger partial charge >= 0.3 is 0 Å². The Kier molecular flexibility index (Phi) is 7.90. The number of nitrogens with one attached hydrogen (secondary N) is 1. The minimum absolute atomic E-state index is 0.0501. The summed E-state index contributed by atoms with van der Waals surface area (Å²) in [5.41, 5.74) is 2.12. The van der Waals surface area contributed by atoms with Crippen molar-refractivity contribution >= 4 is 29.4 Å². The molecule has 0 aliphatic carbocycles. The lowest BCUT2D eigenvalue weighted by atomic mass is 10.2. The number of ether oxygens (including phenoxy) is 2. The molecule has 0 radical (unpaired) electrons. The highest BCUT2D eigenvalue weighted by molar-refractivity contribution is 8.16. The summed E-state index contributed by atoms with van der Waals surface area (Å²) in [6, 6.07) is 17.2. The van der Waals surface area contributed by atoms with E-state index in [1.54, 1.807) is 12.3 Å². The van der Waals surface area contributed by atoms with Gasteiger partial charge in [0, 0.05) is 18.8 Å². The number of carbonyl (C=O) groups is 1. The zero-order valence-corrected chi connectivity index (χ0v) is 19.0. The lowest BCUT2D eigenvalue weighted by molar-refractivity contribution is -0.123. The van der Waals surface area contributed by atoms with E-state index in [4.69, 9.17) is 9.47 Å². The van der Waals surface area contributed by atoms with Crippen LogP contribution in [0.25, 0.3) is 0 Å². The van der Waals surface area contributed by atoms with E-state index >= 15 is 0 Å². The number of pyridine rings is 1. The molecule has 4 rings (SSSR count). The number of halogens is 1. The minimum atomic E-state index is -0.324. The summed E-state index contributed by atoms with van der Waals surface area (Å²) < 4.78 is 24.6. The molecule has 3 aromatic rings. The number of hydrogen-bond acceptors (Lipinski definition) is 6. The first kappa shape index (κ1) is 22.5. The molecular formula is C24H23FN2O3S2. The van der Waals surface area contributed by atoms with Crippen LogP contribution in [0.2, 0.25) is 0 Å². The third kappa shape index (κ3) is 6.64. The van der Waals surface area contributed by atoms with Gasteiger partial charge in [0.25, 0.3) is 5.91 Å². The van der Waals surface area contributed by atoms with E-state index in [0.717, 1.165) is 5.56 Å². The summed E-state index contributed by atoms with van der Waals surface area (Å²) in [5.74, 6) is 3.45. The molecule has 1 aromatic heterocycles. The quantitative estimate of drug-likeness (QED) is 0.464. The Morgan fingerprint density at radius 1 is 1.00 bits per heavy atom. The first-order valence-corrected chi connectivity index (χ1v) is 12.4. The van der Waals surface area contributed by atoms with E-state index in [9.17, 15) is 9.18 Å². The summed E-state index contributed by atoms with van der Waals surface area (Å²) >= 11 is 3.96. The van der Waals surface area contributed by atoms with Crippen molar-refractivity contribution in [2.75, 3.05) is 18.1 Å². The normalized spacial score (nSPS) is 14.0. The Hall–Kier alpha value is -2.71. The molecule has 1 saturated heterocycles. The maximum atomic E-state index is 12.9. The van der Waals surface area contributed by atoms with Gasteiger partial charge in [0.2, 0.25) is 5.88 Å². The third-order valence-corrected chi connectivity index (χ3v) is 7.69. The van der Waals surface area contributed by atoms with Crippen LogP contribution in [0.4, 0.5) is 4.39 Å². The molecule has 0 atom stereocenters. The number of amides is 1. The molecule has 32 heavy (non-hydrogen) atoms. The molecule has 1 N–H and O–H groups in total. The summed E-state index contributed by atoms with van der Waals surface area (Å²) in [4.78, 5) is 16.3. The Morgan fingerprint density at radius 3 is 2.41 bits per heavy atom. The summed E-state index contributed by atoms with van der Waals surface area (Å²) in [6.45, 7) is 0.284. The smallest absolute Gasteiger partial charge is 0.258 e. The summed E-state index contributed by atoms with van der Waals surface area (Å²) in [6.07, 6.45) is 2.89. The molecule has 2 heterocycles. The number of nitrogens with zero attached hydrogens (tertiary/aromatic N) is 1. The zero-order valence-electron chi connectivity index (χ0n) is 17.3. The zero-order chi connectivity index (χ0) is 22.2. The molecule has 0 unspecified atom stereocenters. The first-order valence-electron chi connectivity index (χ1n) is 10.3. The van der Waals surface area contributed by atoms with Crippen molar-refractivity contribution in [3.05, 3.63) is 83.8 Å². The van der Waals surface area contributed by atoms with E-state index in [1.165, 1.54) is 47.8 Å². The van der Waals surface area contributed by atoms with E-state index in [1.807, 2.05) is 41.7 Å². The van der Waals surface area contributed by atoms with Crippen LogP contribution >= 0.6 is 23.5 Å². The molecule has 5 nitrogen and oxygen atoms in total. The second kappa shape index (κ2) is 11.2. The van der Waals surface area contributed by atoms with Crippen LogP contribution in [0, 0.1) is 5.82 Å². The van der Waals surface area contributed by atoms with Crippen LogP contribution in [0.5, 0.6) is 17.4 Å².